The minimum Gasteiger partial charge on any atom is -0.478 e. The number of rotatable bonds is 1. The fraction of sp³-hybridized carbons (Fsp3) is 0. The van der Waals surface area contributed by atoms with Gasteiger partial charge in [0.15, 0.2) is 0 Å². The Morgan fingerprint density at radius 2 is 3.00 bits per heavy atom. The van der Waals surface area contributed by atoms with Gasteiger partial charge in [-0.05, 0) is 0 Å². The molecule has 0 atom stereocenters. The van der Waals surface area contributed by atoms with Crippen molar-refractivity contribution < 1.29 is 12.6 Å². The molecule has 0 aliphatic rings. The van der Waals surface area contributed by atoms with Gasteiger partial charge in [-0.3, -0.25) is 0 Å². The minimum absolute atomic E-state index is 0.500. The third-order valence-corrected chi connectivity index (χ3v) is 0.123. The zero-order valence-electron chi connectivity index (χ0n) is 4.43. The molecule has 5 heavy (non-hydrogen) atoms. The van der Waals surface area contributed by atoms with Crippen molar-refractivity contribution in [3.63, 3.8) is 0 Å². The first-order chi connectivity index (χ1) is 3.13. The van der Waals surface area contributed by atoms with Crippen LogP contribution >= 0.6 is 0 Å². The molecule has 0 aliphatic carbocycles. The largest absolute Gasteiger partial charge is 0.478 e. The van der Waals surface area contributed by atoms with Crippen LogP contribution in [0.4, 0.5) is 0 Å². The van der Waals surface area contributed by atoms with Gasteiger partial charge >= 0.3 is 5.97 Å². The van der Waals surface area contributed by atoms with Crippen LogP contribution in [0.25, 0.3) is 0 Å². The van der Waals surface area contributed by atoms with Gasteiger partial charge in [0.1, 0.15) is 0 Å². The van der Waals surface area contributed by atoms with Crippen molar-refractivity contribution in [1.29, 1.82) is 0 Å². The predicted molar refractivity (Wildman–Crippen MR) is 17.8 cm³/mol. The third kappa shape index (κ3) is 3.21. The number of hydrogen-bond donors (Lipinski definition) is 1. The normalized spacial score (nSPS) is 11.2. The summed E-state index contributed by atoms with van der Waals surface area (Å²) >= 11 is 0. The second kappa shape index (κ2) is 1.52. The monoisotopic (exact) mass is 74.0 g/mol. The average Bonchev–Trinajstić information content (AvgIpc) is 1.27. The molecule has 0 saturated carbocycles. The number of aliphatic carboxylic acids is 1. The fourth-order valence-corrected chi connectivity index (χ4v) is 0. The Bertz CT molecular complexity index is 104. The Morgan fingerprint density at radius 3 is 3.00 bits per heavy atom. The van der Waals surface area contributed by atoms with Gasteiger partial charge in [0.05, 0.1) is 2.74 Å². The van der Waals surface area contributed by atoms with Crippen molar-refractivity contribution in [2.24, 2.45) is 0 Å². The Kier molecular flexibility index (Phi) is 0.486. The van der Waals surface area contributed by atoms with Gasteiger partial charge in [-0.25, -0.2) is 4.79 Å². The summed E-state index contributed by atoms with van der Waals surface area (Å²) in [5, 5.41) is 7.77. The summed E-state index contributed by atoms with van der Waals surface area (Å²) in [5.74, 6) is -1.25. The second-order valence-electron chi connectivity index (χ2n) is 0.483. The van der Waals surface area contributed by atoms with Gasteiger partial charge in [-0.1, -0.05) is 6.53 Å². The smallest absolute Gasteiger partial charge is 0.327 e. The topological polar surface area (TPSA) is 37.3 Å². The third-order valence-electron chi connectivity index (χ3n) is 0.123. The molecule has 0 fully saturated rings. The van der Waals surface area contributed by atoms with Crippen molar-refractivity contribution in [2.45, 2.75) is 0 Å². The number of carboxylic acids is 1. The molecule has 0 saturated heterocycles. The first-order valence-electron chi connectivity index (χ1n) is 2.01. The van der Waals surface area contributed by atoms with Crippen LogP contribution in [0.2, 0.25) is 0 Å². The van der Waals surface area contributed by atoms with E-state index in [-0.39, 0.29) is 0 Å². The van der Waals surface area contributed by atoms with Gasteiger partial charge in [0.2, 0.25) is 0 Å². The lowest BCUT2D eigenvalue weighted by atomic mass is 10.7. The SMILES string of the molecule is [2H]C([2H])=CC(=O)O. The summed E-state index contributed by atoms with van der Waals surface area (Å²) < 4.78 is 12.5. The lowest BCUT2D eigenvalue weighted by Crippen LogP contribution is -1.82. The molecule has 2 heteroatoms. The molecule has 0 aromatic rings. The molecule has 0 rings (SSSR count). The maximum Gasteiger partial charge on any atom is 0.327 e. The van der Waals surface area contributed by atoms with Crippen LogP contribution in [0, 0.1) is 0 Å². The van der Waals surface area contributed by atoms with E-state index in [4.69, 9.17) is 7.85 Å². The van der Waals surface area contributed by atoms with E-state index in [9.17, 15) is 4.79 Å². The Morgan fingerprint density at radius 1 is 2.40 bits per heavy atom. The highest BCUT2D eigenvalue weighted by atomic mass is 16.4. The maximum absolute atomic E-state index is 9.49. The molecular weight excluding hydrogens is 68.0 g/mol. The Hall–Kier alpha value is -0.790. The van der Waals surface area contributed by atoms with Crippen LogP contribution in [-0.4, -0.2) is 11.1 Å². The van der Waals surface area contributed by atoms with E-state index in [1.165, 1.54) is 0 Å². The highest BCUT2D eigenvalue weighted by Gasteiger charge is 1.73. The summed E-state index contributed by atoms with van der Waals surface area (Å²) in [6, 6.07) is 0. The van der Waals surface area contributed by atoms with Crippen molar-refractivity contribution in [3.8, 4) is 0 Å². The Labute approximate surface area is 32.5 Å². The highest BCUT2D eigenvalue weighted by Crippen LogP contribution is 1.54. The van der Waals surface area contributed by atoms with E-state index in [1.54, 1.807) is 0 Å². The quantitative estimate of drug-likeness (QED) is 0.453. The van der Waals surface area contributed by atoms with E-state index in [0.29, 0.717) is 6.08 Å². The summed E-state index contributed by atoms with van der Waals surface area (Å²) in [5.41, 5.74) is 0. The molecule has 0 heterocycles. The lowest BCUT2D eigenvalue weighted by Gasteiger charge is -1.64. The standard InChI is InChI=1S/C3H4O2/c1-2-3(4)5/h2H,1H2,(H,4,5)/i1D2. The molecule has 0 aromatic carbocycles. The molecule has 0 aromatic heterocycles. The van der Waals surface area contributed by atoms with E-state index < -0.39 is 12.5 Å². The molecular formula is C3H4O2. The van der Waals surface area contributed by atoms with Crippen molar-refractivity contribution >= 4 is 5.97 Å². The van der Waals surface area contributed by atoms with E-state index in [1.807, 2.05) is 0 Å². The summed E-state index contributed by atoms with van der Waals surface area (Å²) in [4.78, 5) is 9.49. The summed E-state index contributed by atoms with van der Waals surface area (Å²) in [6.07, 6.45) is 0.500. The summed E-state index contributed by atoms with van der Waals surface area (Å²) in [6.45, 7) is -0.687. The molecule has 0 amide bonds. The van der Waals surface area contributed by atoms with Crippen molar-refractivity contribution in [1.82, 2.24) is 0 Å². The zero-order valence-corrected chi connectivity index (χ0v) is 2.43. The fourth-order valence-electron chi connectivity index (χ4n) is 0. The van der Waals surface area contributed by atoms with Crippen LogP contribution in [0.1, 0.15) is 2.74 Å². The van der Waals surface area contributed by atoms with Gasteiger partial charge in [-0.15, -0.1) is 0 Å². The maximum atomic E-state index is 9.49. The Balaban J connectivity index is 3.68. The summed E-state index contributed by atoms with van der Waals surface area (Å²) in [7, 11) is 0. The van der Waals surface area contributed by atoms with Crippen LogP contribution in [0.15, 0.2) is 12.6 Å². The van der Waals surface area contributed by atoms with E-state index in [2.05, 4.69) is 0 Å². The van der Waals surface area contributed by atoms with Crippen LogP contribution < -0.4 is 0 Å². The molecule has 28 valence electrons. The predicted octanol–water partition coefficient (Wildman–Crippen LogP) is 0.257. The van der Waals surface area contributed by atoms with Crippen LogP contribution in [-0.2, 0) is 4.79 Å². The van der Waals surface area contributed by atoms with Gasteiger partial charge in [0, 0.05) is 6.08 Å². The zero-order chi connectivity index (χ0) is 5.86. The van der Waals surface area contributed by atoms with Crippen LogP contribution in [0.3, 0.4) is 0 Å². The molecule has 0 bridgehead atoms. The number of carbonyl (C=O) groups is 1. The minimum atomic E-state index is -1.25. The molecule has 0 unspecified atom stereocenters. The molecule has 0 aliphatic heterocycles. The molecule has 1 N–H and O–H groups in total. The van der Waals surface area contributed by atoms with Crippen molar-refractivity contribution in [3.05, 3.63) is 12.6 Å². The van der Waals surface area contributed by atoms with Gasteiger partial charge in [0.25, 0.3) is 0 Å². The van der Waals surface area contributed by atoms with Crippen LogP contribution in [0.5, 0.6) is 0 Å². The lowest BCUT2D eigenvalue weighted by molar-refractivity contribution is -0.131. The van der Waals surface area contributed by atoms with Gasteiger partial charge < -0.3 is 5.11 Å². The van der Waals surface area contributed by atoms with E-state index in [0.717, 1.165) is 0 Å². The first kappa shape index (κ1) is 1.60. The number of carboxylic acid groups (broad SMARTS) is 1. The molecule has 2 nitrogen and oxygen atoms in total. The molecule has 0 radical (unpaired) electrons. The van der Waals surface area contributed by atoms with E-state index >= 15 is 0 Å². The average molecular weight is 74.1 g/mol. The first-order valence-corrected chi connectivity index (χ1v) is 1.01. The highest BCUT2D eigenvalue weighted by molar-refractivity contribution is 5.78. The van der Waals surface area contributed by atoms with Crippen molar-refractivity contribution in [2.75, 3.05) is 0 Å². The van der Waals surface area contributed by atoms with Gasteiger partial charge in [-0.2, -0.15) is 0 Å². The number of hydrogen-bond acceptors (Lipinski definition) is 1. The second-order valence-corrected chi connectivity index (χ2v) is 0.483. The molecule has 0 spiro atoms.